The molecule has 3 nitrogen and oxygen atoms in total. The summed E-state index contributed by atoms with van der Waals surface area (Å²) in [6.45, 7) is 0. The first-order valence-electron chi connectivity index (χ1n) is 16.7. The standard InChI is InChI=1S/C45H27N2OP/c48-49(31-15-5-2-6-16-31)40-22-10-21-38-44(40)47(45(46-38)29-11-3-1-4-12-29)39-26-23-30(27-41(39)49)32-24-25-37-35-18-8-14-28-13-7-17-34(42(28)35)36-20-9-19-33(32)43(36)37/h1-27H. The Morgan fingerprint density at radius 2 is 1.14 bits per heavy atom. The highest BCUT2D eigenvalue weighted by Crippen LogP contribution is 2.51. The van der Waals surface area contributed by atoms with Gasteiger partial charge in [0.1, 0.15) is 5.82 Å². The number of fused-ring (bicyclic) bond motifs is 4. The van der Waals surface area contributed by atoms with Gasteiger partial charge in [0.05, 0.1) is 16.7 Å². The number of para-hydroxylation sites is 1. The maximum absolute atomic E-state index is 16.0. The average Bonchev–Trinajstić information content (AvgIpc) is 3.56. The van der Waals surface area contributed by atoms with E-state index in [0.717, 1.165) is 55.1 Å². The van der Waals surface area contributed by atoms with Crippen molar-refractivity contribution >= 4 is 77.2 Å². The summed E-state index contributed by atoms with van der Waals surface area (Å²) in [6.07, 6.45) is 0. The maximum Gasteiger partial charge on any atom is 0.175 e. The zero-order valence-corrected chi connectivity index (χ0v) is 27.2. The number of rotatable bonds is 3. The van der Waals surface area contributed by atoms with Gasteiger partial charge in [-0.3, -0.25) is 4.57 Å². The monoisotopic (exact) mass is 642 g/mol. The Morgan fingerprint density at radius 3 is 1.92 bits per heavy atom. The van der Waals surface area contributed by atoms with E-state index in [1.54, 1.807) is 0 Å². The van der Waals surface area contributed by atoms with Crippen LogP contribution < -0.4 is 15.9 Å². The Bertz CT molecular complexity index is 2970. The summed E-state index contributed by atoms with van der Waals surface area (Å²) in [7, 11) is -3.30. The summed E-state index contributed by atoms with van der Waals surface area (Å²) in [5, 5.41) is 12.6. The highest BCUT2D eigenvalue weighted by Gasteiger charge is 2.40. The Kier molecular flexibility index (Phi) is 5.38. The Hall–Kier alpha value is -6.02. The molecule has 1 aliphatic heterocycles. The minimum Gasteiger partial charge on any atom is -0.308 e. The van der Waals surface area contributed by atoms with E-state index in [1.165, 1.54) is 43.1 Å². The molecule has 9 aromatic carbocycles. The molecule has 10 aromatic rings. The van der Waals surface area contributed by atoms with Crippen LogP contribution in [0.15, 0.2) is 164 Å². The van der Waals surface area contributed by atoms with E-state index in [-0.39, 0.29) is 0 Å². The van der Waals surface area contributed by atoms with Crippen LogP contribution in [0, 0.1) is 0 Å². The molecule has 0 bridgehead atoms. The molecule has 0 N–H and O–H groups in total. The fraction of sp³-hybridized carbons (Fsp3) is 0. The van der Waals surface area contributed by atoms with Gasteiger partial charge in [0.2, 0.25) is 0 Å². The first-order chi connectivity index (χ1) is 24.2. The van der Waals surface area contributed by atoms with Crippen molar-refractivity contribution in [1.82, 2.24) is 9.55 Å². The molecule has 49 heavy (non-hydrogen) atoms. The highest BCUT2D eigenvalue weighted by atomic mass is 31.2. The van der Waals surface area contributed by atoms with Gasteiger partial charge in [-0.1, -0.05) is 140 Å². The van der Waals surface area contributed by atoms with Gasteiger partial charge in [-0.15, -0.1) is 0 Å². The van der Waals surface area contributed by atoms with Crippen LogP contribution >= 0.6 is 7.14 Å². The number of hydrogen-bond donors (Lipinski definition) is 0. The van der Waals surface area contributed by atoms with Crippen LogP contribution in [0.5, 0.6) is 0 Å². The quantitative estimate of drug-likeness (QED) is 0.109. The van der Waals surface area contributed by atoms with E-state index in [9.17, 15) is 0 Å². The maximum atomic E-state index is 16.0. The number of nitrogens with zero attached hydrogens (tertiary/aromatic N) is 2. The van der Waals surface area contributed by atoms with Crippen LogP contribution in [0.25, 0.3) is 82.3 Å². The Morgan fingerprint density at radius 1 is 0.490 bits per heavy atom. The van der Waals surface area contributed by atoms with Crippen molar-refractivity contribution in [2.75, 3.05) is 0 Å². The third-order valence-electron chi connectivity index (χ3n) is 10.5. The minimum absolute atomic E-state index is 0.830. The number of aromatic nitrogens is 2. The normalized spacial score (nSPS) is 15.5. The summed E-state index contributed by atoms with van der Waals surface area (Å²) >= 11 is 0. The third-order valence-corrected chi connectivity index (χ3v) is 13.6. The number of imidazole rings is 1. The minimum atomic E-state index is -3.30. The predicted octanol–water partition coefficient (Wildman–Crippen LogP) is 10.4. The summed E-state index contributed by atoms with van der Waals surface area (Å²) in [4.78, 5) is 5.15. The van der Waals surface area contributed by atoms with Gasteiger partial charge in [-0.05, 0) is 78.5 Å². The summed E-state index contributed by atoms with van der Waals surface area (Å²) in [5.41, 5.74) is 5.89. The van der Waals surface area contributed by atoms with Crippen LogP contribution in [0.1, 0.15) is 0 Å². The van der Waals surface area contributed by atoms with Crippen LogP contribution in [-0.2, 0) is 4.57 Å². The fourth-order valence-electron chi connectivity index (χ4n) is 8.45. The summed E-state index contributed by atoms with van der Waals surface area (Å²) in [6, 6.07) is 57.4. The molecule has 228 valence electrons. The molecule has 0 saturated carbocycles. The molecule has 2 heterocycles. The molecule has 11 rings (SSSR count). The van der Waals surface area contributed by atoms with Crippen molar-refractivity contribution in [1.29, 1.82) is 0 Å². The molecule has 0 spiro atoms. The number of hydrogen-bond acceptors (Lipinski definition) is 2. The van der Waals surface area contributed by atoms with Crippen molar-refractivity contribution in [3.05, 3.63) is 164 Å². The molecule has 0 amide bonds. The lowest BCUT2D eigenvalue weighted by atomic mass is 9.87. The highest BCUT2D eigenvalue weighted by molar-refractivity contribution is 7.86. The third kappa shape index (κ3) is 3.52. The second kappa shape index (κ2) is 9.76. The van der Waals surface area contributed by atoms with Crippen molar-refractivity contribution < 1.29 is 4.57 Å². The lowest BCUT2D eigenvalue weighted by Crippen LogP contribution is -2.33. The molecule has 1 aromatic heterocycles. The summed E-state index contributed by atoms with van der Waals surface area (Å²) in [5.74, 6) is 0.853. The van der Waals surface area contributed by atoms with Gasteiger partial charge < -0.3 is 4.57 Å². The van der Waals surface area contributed by atoms with E-state index >= 15 is 4.57 Å². The van der Waals surface area contributed by atoms with E-state index in [4.69, 9.17) is 4.98 Å². The zero-order chi connectivity index (χ0) is 32.3. The zero-order valence-electron chi connectivity index (χ0n) is 26.3. The van der Waals surface area contributed by atoms with E-state index in [1.807, 2.05) is 66.7 Å². The fourth-order valence-corrected chi connectivity index (χ4v) is 11.5. The molecule has 0 saturated heterocycles. The van der Waals surface area contributed by atoms with Crippen molar-refractivity contribution in [3.63, 3.8) is 0 Å². The second-order valence-corrected chi connectivity index (χ2v) is 15.7. The Balaban J connectivity index is 1.24. The van der Waals surface area contributed by atoms with Gasteiger partial charge in [-0.25, -0.2) is 4.98 Å². The van der Waals surface area contributed by atoms with Crippen molar-refractivity contribution in [3.8, 4) is 28.2 Å². The van der Waals surface area contributed by atoms with Gasteiger partial charge in [0.25, 0.3) is 0 Å². The SMILES string of the molecule is O=P1(c2ccccc2)c2cc(-c3ccc4c5cccc6cccc(c7cccc3c74)c65)ccc2-n2c(-c3ccccc3)nc3cccc1c32. The van der Waals surface area contributed by atoms with Crippen LogP contribution in [0.2, 0.25) is 0 Å². The van der Waals surface area contributed by atoms with Gasteiger partial charge >= 0.3 is 0 Å². The van der Waals surface area contributed by atoms with E-state index in [2.05, 4.69) is 102 Å². The molecule has 1 aliphatic rings. The van der Waals surface area contributed by atoms with E-state index in [0.29, 0.717) is 0 Å². The first-order valence-corrected chi connectivity index (χ1v) is 18.4. The lowest BCUT2D eigenvalue weighted by molar-refractivity contribution is 0.592. The molecule has 0 fully saturated rings. The van der Waals surface area contributed by atoms with Crippen molar-refractivity contribution in [2.45, 2.75) is 0 Å². The van der Waals surface area contributed by atoms with Crippen LogP contribution in [-0.4, -0.2) is 9.55 Å². The average molecular weight is 643 g/mol. The second-order valence-electron chi connectivity index (χ2n) is 13.0. The first kappa shape index (κ1) is 27.0. The lowest BCUT2D eigenvalue weighted by Gasteiger charge is -2.30. The largest absolute Gasteiger partial charge is 0.308 e. The topological polar surface area (TPSA) is 34.9 Å². The summed E-state index contributed by atoms with van der Waals surface area (Å²) < 4.78 is 18.3. The van der Waals surface area contributed by atoms with E-state index < -0.39 is 7.14 Å². The predicted molar refractivity (Wildman–Crippen MR) is 206 cm³/mol. The Labute approximate surface area is 282 Å². The van der Waals surface area contributed by atoms with Crippen LogP contribution in [0.4, 0.5) is 0 Å². The molecular weight excluding hydrogens is 615 g/mol. The van der Waals surface area contributed by atoms with Crippen molar-refractivity contribution in [2.24, 2.45) is 0 Å². The van der Waals surface area contributed by atoms with Gasteiger partial charge in [0, 0.05) is 21.5 Å². The molecular formula is C45H27N2OP. The molecule has 1 atom stereocenters. The van der Waals surface area contributed by atoms with Crippen LogP contribution in [0.3, 0.4) is 0 Å². The molecule has 4 heteroatoms. The van der Waals surface area contributed by atoms with Gasteiger partial charge in [0.15, 0.2) is 7.14 Å². The molecule has 0 aliphatic carbocycles. The molecule has 0 radical (unpaired) electrons. The number of benzene rings is 9. The molecule has 1 unspecified atom stereocenters. The van der Waals surface area contributed by atoms with Gasteiger partial charge in [-0.2, -0.15) is 0 Å². The smallest absolute Gasteiger partial charge is 0.175 e.